The Balaban J connectivity index is 0. The minimum absolute atomic E-state index is 0.189. The Bertz CT molecular complexity index is 611. The van der Waals surface area contributed by atoms with Crippen molar-refractivity contribution in [3.8, 4) is 0 Å². The first-order valence-electron chi connectivity index (χ1n) is 8.83. The quantitative estimate of drug-likeness (QED) is 0.828. The van der Waals surface area contributed by atoms with E-state index in [1.54, 1.807) is 0 Å². The molecular formula is C19H32N2O4. The molecule has 1 saturated heterocycles. The summed E-state index contributed by atoms with van der Waals surface area (Å²) in [5.41, 5.74) is 0.393. The fourth-order valence-corrected chi connectivity index (χ4v) is 1.98. The molecule has 1 aliphatic rings. The third kappa shape index (κ3) is 6.95. The summed E-state index contributed by atoms with van der Waals surface area (Å²) in [6.07, 6.45) is 4.50. The zero-order chi connectivity index (χ0) is 20.0. The number of nitrogens with one attached hydrogen (secondary N) is 1. The summed E-state index contributed by atoms with van der Waals surface area (Å²) in [7, 11) is 0. The van der Waals surface area contributed by atoms with E-state index in [-0.39, 0.29) is 24.5 Å². The zero-order valence-corrected chi connectivity index (χ0v) is 16.3. The molecule has 0 aliphatic carbocycles. The number of rotatable bonds is 3. The third-order valence-corrected chi connectivity index (χ3v) is 2.81. The van der Waals surface area contributed by atoms with Gasteiger partial charge in [-0.3, -0.25) is 19.5 Å². The standard InChI is InChI=1S/C12H12N2O4.C3H8.2C2H6/c1-3-7-9(4-2)18-12(17)14(7)8-5-6-10(15)13-11(8)16;1-3-2;2*1-2/h3-4,8H,1-2,5-6H2,(H,13,15,16);3H2,1-2H3;2*1-2H3. The largest absolute Gasteiger partial charge is 0.420 e. The number of aromatic nitrogens is 1. The van der Waals surface area contributed by atoms with Gasteiger partial charge in [0.1, 0.15) is 6.04 Å². The Morgan fingerprint density at radius 2 is 1.64 bits per heavy atom. The Morgan fingerprint density at radius 3 is 2.04 bits per heavy atom. The molecule has 1 N–H and O–H groups in total. The number of oxazole rings is 1. The molecule has 1 aromatic heterocycles. The van der Waals surface area contributed by atoms with Gasteiger partial charge in [-0.1, -0.05) is 61.1 Å². The minimum Gasteiger partial charge on any atom is -0.408 e. The van der Waals surface area contributed by atoms with Gasteiger partial charge in [0, 0.05) is 6.42 Å². The molecule has 0 spiro atoms. The van der Waals surface area contributed by atoms with Crippen LogP contribution in [0.2, 0.25) is 0 Å². The molecule has 2 rings (SSSR count). The maximum Gasteiger partial charge on any atom is 0.420 e. The highest BCUT2D eigenvalue weighted by atomic mass is 16.4. The van der Waals surface area contributed by atoms with Gasteiger partial charge in [0.05, 0.1) is 5.69 Å². The highest BCUT2D eigenvalue weighted by Gasteiger charge is 2.31. The van der Waals surface area contributed by atoms with Crippen molar-refractivity contribution in [2.75, 3.05) is 0 Å². The molecule has 6 heteroatoms. The lowest BCUT2D eigenvalue weighted by molar-refractivity contribution is -0.135. The van der Waals surface area contributed by atoms with Crippen LogP contribution in [-0.4, -0.2) is 16.4 Å². The van der Waals surface area contributed by atoms with Crippen LogP contribution in [0.25, 0.3) is 12.2 Å². The zero-order valence-electron chi connectivity index (χ0n) is 16.3. The second-order valence-electron chi connectivity index (χ2n) is 4.57. The van der Waals surface area contributed by atoms with Gasteiger partial charge in [-0.2, -0.15) is 0 Å². The van der Waals surface area contributed by atoms with Crippen LogP contribution >= 0.6 is 0 Å². The number of amides is 2. The van der Waals surface area contributed by atoms with Gasteiger partial charge in [0.25, 0.3) is 0 Å². The lowest BCUT2D eigenvalue weighted by Crippen LogP contribution is -2.44. The second kappa shape index (κ2) is 14.0. The summed E-state index contributed by atoms with van der Waals surface area (Å²) >= 11 is 0. The Kier molecular flexibility index (Phi) is 13.9. The van der Waals surface area contributed by atoms with Gasteiger partial charge in [-0.25, -0.2) is 4.79 Å². The van der Waals surface area contributed by atoms with E-state index in [4.69, 9.17) is 4.42 Å². The van der Waals surface area contributed by atoms with Gasteiger partial charge in [-0.05, 0) is 18.6 Å². The van der Waals surface area contributed by atoms with Crippen LogP contribution in [0.1, 0.15) is 78.3 Å². The first-order valence-corrected chi connectivity index (χ1v) is 8.83. The van der Waals surface area contributed by atoms with Crippen LogP contribution in [0.5, 0.6) is 0 Å². The monoisotopic (exact) mass is 352 g/mol. The van der Waals surface area contributed by atoms with Gasteiger partial charge < -0.3 is 4.42 Å². The number of hydrogen-bond donors (Lipinski definition) is 1. The minimum atomic E-state index is -0.749. The molecule has 0 bridgehead atoms. The molecule has 1 aromatic rings. The molecule has 2 amide bonds. The lowest BCUT2D eigenvalue weighted by atomic mass is 10.1. The molecule has 1 unspecified atom stereocenters. The van der Waals surface area contributed by atoms with E-state index in [1.165, 1.54) is 23.1 Å². The topological polar surface area (TPSA) is 81.3 Å². The molecule has 25 heavy (non-hydrogen) atoms. The van der Waals surface area contributed by atoms with E-state index in [1.807, 2.05) is 27.7 Å². The van der Waals surface area contributed by atoms with E-state index in [0.29, 0.717) is 5.69 Å². The van der Waals surface area contributed by atoms with Gasteiger partial charge in [0.15, 0.2) is 5.76 Å². The van der Waals surface area contributed by atoms with Gasteiger partial charge in [-0.15, -0.1) is 0 Å². The van der Waals surface area contributed by atoms with Gasteiger partial charge >= 0.3 is 5.76 Å². The molecule has 1 atom stereocenters. The molecule has 1 fully saturated rings. The highest BCUT2D eigenvalue weighted by molar-refractivity contribution is 5.99. The van der Waals surface area contributed by atoms with Crippen molar-refractivity contribution >= 4 is 24.0 Å². The first kappa shape index (κ1) is 24.9. The maximum atomic E-state index is 11.7. The number of carbonyl (C=O) groups is 2. The average molecular weight is 352 g/mol. The van der Waals surface area contributed by atoms with Crippen molar-refractivity contribution < 1.29 is 14.0 Å². The van der Waals surface area contributed by atoms with Crippen molar-refractivity contribution in [1.82, 2.24) is 9.88 Å². The lowest BCUT2D eigenvalue weighted by Gasteiger charge is -2.21. The fourth-order valence-electron chi connectivity index (χ4n) is 1.98. The summed E-state index contributed by atoms with van der Waals surface area (Å²) < 4.78 is 6.17. The van der Waals surface area contributed by atoms with Crippen LogP contribution < -0.4 is 11.1 Å². The van der Waals surface area contributed by atoms with Crippen molar-refractivity contribution in [1.29, 1.82) is 0 Å². The van der Waals surface area contributed by atoms with Crippen LogP contribution in [0.15, 0.2) is 22.4 Å². The Hall–Kier alpha value is -2.37. The molecule has 1 aliphatic heterocycles. The molecule has 0 saturated carbocycles. The molecule has 0 aromatic carbocycles. The molecule has 2 heterocycles. The van der Waals surface area contributed by atoms with E-state index < -0.39 is 17.7 Å². The molecular weight excluding hydrogens is 320 g/mol. The summed E-state index contributed by atoms with van der Waals surface area (Å²) in [5, 5.41) is 2.19. The van der Waals surface area contributed by atoms with Crippen LogP contribution in [0, 0.1) is 0 Å². The van der Waals surface area contributed by atoms with E-state index in [0.717, 1.165) is 0 Å². The SMILES string of the molecule is C=Cc1oc(=O)n(C2CCC(=O)NC2=O)c1C=C.CC.CC.CCC. The number of hydrogen-bond acceptors (Lipinski definition) is 4. The summed E-state index contributed by atoms with van der Waals surface area (Å²) in [6, 6.07) is -0.749. The van der Waals surface area contributed by atoms with Crippen molar-refractivity contribution in [2.24, 2.45) is 0 Å². The van der Waals surface area contributed by atoms with E-state index in [2.05, 4.69) is 32.3 Å². The Labute approximate surface area is 150 Å². The van der Waals surface area contributed by atoms with Crippen LogP contribution in [-0.2, 0) is 9.59 Å². The molecule has 142 valence electrons. The van der Waals surface area contributed by atoms with Gasteiger partial charge in [0.2, 0.25) is 11.8 Å². The summed E-state index contributed by atoms with van der Waals surface area (Å²) in [4.78, 5) is 34.5. The number of nitrogens with zero attached hydrogens (tertiary/aromatic N) is 1. The normalized spacial score (nSPS) is 15.2. The van der Waals surface area contributed by atoms with Crippen molar-refractivity contribution in [3.63, 3.8) is 0 Å². The van der Waals surface area contributed by atoms with Crippen LogP contribution in [0.3, 0.4) is 0 Å². The average Bonchev–Trinajstić information content (AvgIpc) is 2.95. The Morgan fingerprint density at radius 1 is 1.12 bits per heavy atom. The highest BCUT2D eigenvalue weighted by Crippen LogP contribution is 2.22. The summed E-state index contributed by atoms with van der Waals surface area (Å²) in [6.45, 7) is 19.4. The molecule has 0 radical (unpaired) electrons. The second-order valence-corrected chi connectivity index (χ2v) is 4.57. The predicted molar refractivity (Wildman–Crippen MR) is 103 cm³/mol. The van der Waals surface area contributed by atoms with Crippen LogP contribution in [0.4, 0.5) is 0 Å². The first-order chi connectivity index (χ1) is 12.0. The third-order valence-electron chi connectivity index (χ3n) is 2.81. The number of piperidine rings is 1. The van der Waals surface area contributed by atoms with Crippen molar-refractivity contribution in [3.05, 3.63) is 35.2 Å². The van der Waals surface area contributed by atoms with E-state index in [9.17, 15) is 14.4 Å². The molecule has 6 nitrogen and oxygen atoms in total. The number of carbonyl (C=O) groups excluding carboxylic acids is 2. The predicted octanol–water partition coefficient (Wildman–Crippen LogP) is 4.17. The summed E-state index contributed by atoms with van der Waals surface area (Å²) in [5.74, 6) is -1.24. The van der Waals surface area contributed by atoms with E-state index >= 15 is 0 Å². The maximum absolute atomic E-state index is 11.7. The number of imide groups is 1. The smallest absolute Gasteiger partial charge is 0.408 e. The fraction of sp³-hybridized carbons (Fsp3) is 0.526. The van der Waals surface area contributed by atoms with Crippen molar-refractivity contribution in [2.45, 2.75) is 66.8 Å².